The summed E-state index contributed by atoms with van der Waals surface area (Å²) in [6, 6.07) is 9.93. The van der Waals surface area contributed by atoms with Crippen LogP contribution in [0.4, 0.5) is 4.39 Å². The van der Waals surface area contributed by atoms with Crippen molar-refractivity contribution in [1.82, 2.24) is 24.6 Å². The lowest BCUT2D eigenvalue weighted by Crippen LogP contribution is -2.31. The van der Waals surface area contributed by atoms with Gasteiger partial charge in [-0.25, -0.2) is 9.07 Å². The normalized spacial score (nSPS) is 15.0. The van der Waals surface area contributed by atoms with E-state index >= 15 is 0 Å². The van der Waals surface area contributed by atoms with E-state index < -0.39 is 0 Å². The number of amides is 1. The maximum absolute atomic E-state index is 13.4. The maximum atomic E-state index is 13.4. The molecule has 0 spiro atoms. The molecule has 0 unspecified atom stereocenters. The molecule has 0 bridgehead atoms. The topological polar surface area (TPSA) is 55.1 Å². The molecule has 0 atom stereocenters. The number of hydrogen-bond donors (Lipinski definition) is 1. The number of nitrogens with one attached hydrogen (secondary N) is 1. The first kappa shape index (κ1) is 21.3. The van der Waals surface area contributed by atoms with Crippen LogP contribution in [0.5, 0.6) is 0 Å². The van der Waals surface area contributed by atoms with Crippen molar-refractivity contribution < 1.29 is 9.18 Å². The summed E-state index contributed by atoms with van der Waals surface area (Å²) in [5.74, 6) is 0.210. The predicted octanol–water partition coefficient (Wildman–Crippen LogP) is 4.11. The van der Waals surface area contributed by atoms with Crippen LogP contribution in [0.3, 0.4) is 0 Å². The van der Waals surface area contributed by atoms with E-state index in [9.17, 15) is 9.18 Å². The molecule has 1 saturated heterocycles. The second-order valence-electron chi connectivity index (χ2n) is 8.13. The molecule has 1 amide bonds. The average molecular weight is 424 g/mol. The zero-order valence-electron chi connectivity index (χ0n) is 18.1. The van der Waals surface area contributed by atoms with Gasteiger partial charge in [-0.05, 0) is 82.2 Å². The number of carbonyl (C=O) groups excluding carboxylic acids is 1. The van der Waals surface area contributed by atoms with Gasteiger partial charge in [-0.1, -0.05) is 12.8 Å². The summed E-state index contributed by atoms with van der Waals surface area (Å²) < 4.78 is 17.0. The van der Waals surface area contributed by atoms with Crippen molar-refractivity contribution >= 4 is 5.91 Å². The Morgan fingerprint density at radius 2 is 1.74 bits per heavy atom. The summed E-state index contributed by atoms with van der Waals surface area (Å²) >= 11 is 0. The van der Waals surface area contributed by atoms with Gasteiger partial charge >= 0.3 is 0 Å². The number of aromatic nitrogens is 3. The molecule has 0 aliphatic carbocycles. The number of likely N-dealkylation sites (tertiary alicyclic amines) is 1. The van der Waals surface area contributed by atoms with Gasteiger partial charge in [-0.3, -0.25) is 4.79 Å². The van der Waals surface area contributed by atoms with Gasteiger partial charge < -0.3 is 14.8 Å². The number of halogens is 1. The molecule has 1 aliphatic heterocycles. The van der Waals surface area contributed by atoms with Gasteiger partial charge in [0.2, 0.25) is 0 Å². The Kier molecular flexibility index (Phi) is 6.82. The van der Waals surface area contributed by atoms with Crippen LogP contribution in [0.15, 0.2) is 48.8 Å². The molecule has 2 aromatic heterocycles. The SMILES string of the molecule is Cc1nn(-c2ccc(F)cc2)c(-n2cccc2)c1C(=O)NCCCN1CCCCCC1. The van der Waals surface area contributed by atoms with Crippen LogP contribution in [0, 0.1) is 12.7 Å². The minimum absolute atomic E-state index is 0.134. The Hall–Kier alpha value is -2.93. The second kappa shape index (κ2) is 9.92. The third kappa shape index (κ3) is 5.05. The predicted molar refractivity (Wildman–Crippen MR) is 119 cm³/mol. The largest absolute Gasteiger partial charge is 0.352 e. The van der Waals surface area contributed by atoms with E-state index in [-0.39, 0.29) is 11.7 Å². The Balaban J connectivity index is 1.50. The molecular weight excluding hydrogens is 393 g/mol. The van der Waals surface area contributed by atoms with Crippen molar-refractivity contribution in [2.75, 3.05) is 26.2 Å². The molecule has 1 aliphatic rings. The highest BCUT2D eigenvalue weighted by Crippen LogP contribution is 2.23. The molecule has 3 heterocycles. The van der Waals surface area contributed by atoms with Crippen LogP contribution in [0.1, 0.15) is 48.2 Å². The Morgan fingerprint density at radius 3 is 2.42 bits per heavy atom. The average Bonchev–Trinajstić information content (AvgIpc) is 3.32. The van der Waals surface area contributed by atoms with Crippen molar-refractivity contribution in [3.63, 3.8) is 0 Å². The van der Waals surface area contributed by atoms with Crippen molar-refractivity contribution in [3.8, 4) is 11.5 Å². The lowest BCUT2D eigenvalue weighted by atomic mass is 10.2. The summed E-state index contributed by atoms with van der Waals surface area (Å²) in [4.78, 5) is 15.6. The van der Waals surface area contributed by atoms with Crippen molar-refractivity contribution in [2.45, 2.75) is 39.0 Å². The van der Waals surface area contributed by atoms with Gasteiger partial charge in [0, 0.05) is 18.9 Å². The molecule has 0 radical (unpaired) electrons. The van der Waals surface area contributed by atoms with E-state index in [2.05, 4.69) is 15.3 Å². The van der Waals surface area contributed by atoms with Gasteiger partial charge in [-0.2, -0.15) is 5.10 Å². The first-order chi connectivity index (χ1) is 15.1. The Bertz CT molecular complexity index is 986. The van der Waals surface area contributed by atoms with Gasteiger partial charge in [0.05, 0.1) is 11.4 Å². The van der Waals surface area contributed by atoms with E-state index in [0.717, 1.165) is 26.1 Å². The molecule has 31 heavy (non-hydrogen) atoms. The van der Waals surface area contributed by atoms with Gasteiger partial charge in [0.25, 0.3) is 5.91 Å². The van der Waals surface area contributed by atoms with Crippen molar-refractivity contribution in [2.24, 2.45) is 0 Å². The molecular formula is C24H30FN5O. The summed E-state index contributed by atoms with van der Waals surface area (Å²) in [5, 5.41) is 7.68. The highest BCUT2D eigenvalue weighted by Gasteiger charge is 2.23. The molecule has 1 N–H and O–H groups in total. The number of rotatable bonds is 7. The molecule has 1 aromatic carbocycles. The van der Waals surface area contributed by atoms with Crippen LogP contribution in [-0.2, 0) is 0 Å². The molecule has 4 rings (SSSR count). The van der Waals surface area contributed by atoms with Gasteiger partial charge in [0.1, 0.15) is 11.4 Å². The molecule has 3 aromatic rings. The lowest BCUT2D eigenvalue weighted by molar-refractivity contribution is 0.0951. The van der Waals surface area contributed by atoms with Gasteiger partial charge in [0.15, 0.2) is 5.82 Å². The van der Waals surface area contributed by atoms with E-state index in [4.69, 9.17) is 0 Å². The zero-order chi connectivity index (χ0) is 21.6. The lowest BCUT2D eigenvalue weighted by Gasteiger charge is -2.19. The van der Waals surface area contributed by atoms with Gasteiger partial charge in [-0.15, -0.1) is 0 Å². The third-order valence-corrected chi connectivity index (χ3v) is 5.82. The summed E-state index contributed by atoms with van der Waals surface area (Å²) in [7, 11) is 0. The fourth-order valence-corrected chi connectivity index (χ4v) is 4.21. The molecule has 6 nitrogen and oxygen atoms in total. The summed E-state index contributed by atoms with van der Waals surface area (Å²) in [5.41, 5.74) is 1.88. The monoisotopic (exact) mass is 423 g/mol. The van der Waals surface area contributed by atoms with E-state index in [0.29, 0.717) is 29.3 Å². The quantitative estimate of drug-likeness (QED) is 0.582. The summed E-state index contributed by atoms with van der Waals surface area (Å²) in [6.07, 6.45) is 9.89. The van der Waals surface area contributed by atoms with E-state index in [1.54, 1.807) is 16.8 Å². The minimum Gasteiger partial charge on any atom is -0.352 e. The highest BCUT2D eigenvalue weighted by atomic mass is 19.1. The zero-order valence-corrected chi connectivity index (χ0v) is 18.1. The third-order valence-electron chi connectivity index (χ3n) is 5.82. The van der Waals surface area contributed by atoms with Crippen molar-refractivity contribution in [1.29, 1.82) is 0 Å². The van der Waals surface area contributed by atoms with Crippen molar-refractivity contribution in [3.05, 3.63) is 65.9 Å². The first-order valence-electron chi connectivity index (χ1n) is 11.1. The Labute approximate surface area is 182 Å². The van der Waals surface area contributed by atoms with Crippen LogP contribution < -0.4 is 5.32 Å². The maximum Gasteiger partial charge on any atom is 0.256 e. The van der Waals surface area contributed by atoms with Crippen LogP contribution in [0.25, 0.3) is 11.5 Å². The number of hydrogen-bond acceptors (Lipinski definition) is 3. The molecule has 0 saturated carbocycles. The Morgan fingerprint density at radius 1 is 1.06 bits per heavy atom. The fourth-order valence-electron chi connectivity index (χ4n) is 4.21. The molecule has 7 heteroatoms. The summed E-state index contributed by atoms with van der Waals surface area (Å²) in [6.45, 7) is 5.80. The first-order valence-corrected chi connectivity index (χ1v) is 11.1. The number of benzene rings is 1. The minimum atomic E-state index is -0.308. The van der Waals surface area contributed by atoms with Crippen LogP contribution in [-0.4, -0.2) is 51.3 Å². The number of aryl methyl sites for hydroxylation is 1. The molecule has 164 valence electrons. The molecule has 1 fully saturated rings. The van der Waals surface area contributed by atoms with Crippen LogP contribution >= 0.6 is 0 Å². The van der Waals surface area contributed by atoms with E-state index in [1.807, 2.05) is 36.0 Å². The standard InChI is InChI=1S/C24H30FN5O/c1-19-22(23(31)26-13-8-16-28-14-4-2-3-5-15-28)24(29-17-6-7-18-29)30(27-19)21-11-9-20(25)10-12-21/h6-7,9-12,17-18H,2-5,8,13-16H2,1H3,(H,26,31). The smallest absolute Gasteiger partial charge is 0.256 e. The van der Waals surface area contributed by atoms with Crippen LogP contribution in [0.2, 0.25) is 0 Å². The van der Waals surface area contributed by atoms with E-state index in [1.165, 1.54) is 37.8 Å². The number of carbonyl (C=O) groups is 1. The number of nitrogens with zero attached hydrogens (tertiary/aromatic N) is 4. The second-order valence-corrected chi connectivity index (χ2v) is 8.13. The fraction of sp³-hybridized carbons (Fsp3) is 0.417. The highest BCUT2D eigenvalue weighted by molar-refractivity contribution is 5.98.